The van der Waals surface area contributed by atoms with Gasteiger partial charge in [0.2, 0.25) is 5.76 Å². The summed E-state index contributed by atoms with van der Waals surface area (Å²) in [7, 11) is 0. The lowest BCUT2D eigenvalue weighted by Gasteiger charge is -2.10. The van der Waals surface area contributed by atoms with E-state index in [1.165, 1.54) is 6.92 Å². The van der Waals surface area contributed by atoms with Crippen LogP contribution in [0.15, 0.2) is 4.52 Å². The highest BCUT2D eigenvalue weighted by Gasteiger charge is 2.26. The van der Waals surface area contributed by atoms with Gasteiger partial charge in [0.1, 0.15) is 0 Å². The minimum atomic E-state index is -0.633. The molecule has 1 unspecified atom stereocenters. The molecule has 0 aliphatic heterocycles. The van der Waals surface area contributed by atoms with Crippen LogP contribution in [0.3, 0.4) is 0 Å². The SMILES string of the molecule is Cc1noc(CC(O)CC(C)C)c1[N+](=O)[O-]. The molecule has 1 rings (SSSR count). The first-order valence-electron chi connectivity index (χ1n) is 5.19. The van der Waals surface area contributed by atoms with Gasteiger partial charge in [-0.05, 0) is 19.3 Å². The molecule has 0 aliphatic carbocycles. The van der Waals surface area contributed by atoms with Gasteiger partial charge in [0.05, 0.1) is 11.0 Å². The van der Waals surface area contributed by atoms with E-state index in [2.05, 4.69) is 5.16 Å². The second kappa shape index (κ2) is 5.07. The first-order valence-corrected chi connectivity index (χ1v) is 5.19. The summed E-state index contributed by atoms with van der Waals surface area (Å²) >= 11 is 0. The third kappa shape index (κ3) is 3.03. The lowest BCUT2D eigenvalue weighted by Crippen LogP contribution is -2.13. The molecule has 0 fully saturated rings. The predicted octanol–water partition coefficient (Wildman–Crippen LogP) is 1.84. The quantitative estimate of drug-likeness (QED) is 0.613. The van der Waals surface area contributed by atoms with E-state index < -0.39 is 11.0 Å². The Morgan fingerprint density at radius 1 is 1.56 bits per heavy atom. The van der Waals surface area contributed by atoms with Gasteiger partial charge in [0.25, 0.3) is 0 Å². The molecule has 1 atom stereocenters. The largest absolute Gasteiger partial charge is 0.393 e. The molecule has 6 heteroatoms. The lowest BCUT2D eigenvalue weighted by atomic mass is 10.0. The number of rotatable bonds is 5. The smallest absolute Gasteiger partial charge is 0.334 e. The average molecular weight is 228 g/mol. The van der Waals surface area contributed by atoms with Crippen LogP contribution in [0.25, 0.3) is 0 Å². The zero-order chi connectivity index (χ0) is 12.3. The van der Waals surface area contributed by atoms with E-state index in [0.717, 1.165) is 0 Å². The number of hydrogen-bond donors (Lipinski definition) is 1. The Morgan fingerprint density at radius 3 is 2.69 bits per heavy atom. The van der Waals surface area contributed by atoms with Gasteiger partial charge in [0, 0.05) is 6.42 Å². The summed E-state index contributed by atoms with van der Waals surface area (Å²) in [5.41, 5.74) is 0.125. The van der Waals surface area contributed by atoms with E-state index >= 15 is 0 Å². The van der Waals surface area contributed by atoms with Crippen molar-refractivity contribution in [2.45, 2.75) is 39.7 Å². The molecule has 1 heterocycles. The molecule has 0 bridgehead atoms. The van der Waals surface area contributed by atoms with E-state index in [4.69, 9.17) is 4.52 Å². The molecule has 0 saturated carbocycles. The third-order valence-electron chi connectivity index (χ3n) is 2.25. The fourth-order valence-corrected chi connectivity index (χ4v) is 1.62. The van der Waals surface area contributed by atoms with Crippen LogP contribution in [0.2, 0.25) is 0 Å². The van der Waals surface area contributed by atoms with E-state index in [1.54, 1.807) is 0 Å². The monoisotopic (exact) mass is 228 g/mol. The molecule has 16 heavy (non-hydrogen) atoms. The van der Waals surface area contributed by atoms with Crippen LogP contribution in [0.5, 0.6) is 0 Å². The molecule has 0 aromatic carbocycles. The number of hydrogen-bond acceptors (Lipinski definition) is 5. The fraction of sp³-hybridized carbons (Fsp3) is 0.700. The van der Waals surface area contributed by atoms with Crippen molar-refractivity contribution >= 4 is 5.69 Å². The summed E-state index contributed by atoms with van der Waals surface area (Å²) in [6, 6.07) is 0. The molecule has 1 aromatic rings. The Morgan fingerprint density at radius 2 is 2.19 bits per heavy atom. The first kappa shape index (κ1) is 12.6. The Kier molecular flexibility index (Phi) is 4.00. The molecular weight excluding hydrogens is 212 g/mol. The highest BCUT2D eigenvalue weighted by molar-refractivity contribution is 5.37. The van der Waals surface area contributed by atoms with Gasteiger partial charge < -0.3 is 9.63 Å². The van der Waals surface area contributed by atoms with Crippen LogP contribution in [0.1, 0.15) is 31.7 Å². The molecule has 90 valence electrons. The molecule has 0 spiro atoms. The minimum absolute atomic E-state index is 0.122. The van der Waals surface area contributed by atoms with Crippen molar-refractivity contribution in [1.82, 2.24) is 5.16 Å². The topological polar surface area (TPSA) is 89.4 Å². The van der Waals surface area contributed by atoms with Gasteiger partial charge in [-0.2, -0.15) is 0 Å². The van der Waals surface area contributed by atoms with Crippen LogP contribution in [-0.4, -0.2) is 21.3 Å². The van der Waals surface area contributed by atoms with E-state index in [-0.39, 0.29) is 23.6 Å². The zero-order valence-corrected chi connectivity index (χ0v) is 9.64. The highest BCUT2D eigenvalue weighted by atomic mass is 16.6. The van der Waals surface area contributed by atoms with Crippen molar-refractivity contribution in [3.63, 3.8) is 0 Å². The Labute approximate surface area is 93.4 Å². The van der Waals surface area contributed by atoms with Gasteiger partial charge in [-0.25, -0.2) is 0 Å². The maximum Gasteiger partial charge on any atom is 0.334 e. The molecule has 1 aromatic heterocycles. The first-order chi connectivity index (χ1) is 7.41. The standard InChI is InChI=1S/C10H16N2O4/c1-6(2)4-8(13)5-9-10(12(14)15)7(3)11-16-9/h6,8,13H,4-5H2,1-3H3. The van der Waals surface area contributed by atoms with Crippen LogP contribution in [0, 0.1) is 23.0 Å². The number of nitro groups is 1. The molecule has 0 radical (unpaired) electrons. The Bertz CT molecular complexity index is 373. The number of aromatic nitrogens is 1. The Hall–Kier alpha value is -1.43. The van der Waals surface area contributed by atoms with Gasteiger partial charge in [-0.1, -0.05) is 19.0 Å². The summed E-state index contributed by atoms with van der Waals surface area (Å²) in [4.78, 5) is 10.2. The van der Waals surface area contributed by atoms with Gasteiger partial charge in [-0.15, -0.1) is 0 Å². The Balaban J connectivity index is 2.77. The van der Waals surface area contributed by atoms with E-state index in [0.29, 0.717) is 12.3 Å². The van der Waals surface area contributed by atoms with Crippen LogP contribution in [-0.2, 0) is 6.42 Å². The van der Waals surface area contributed by atoms with Gasteiger partial charge in [0.15, 0.2) is 5.69 Å². The molecule has 0 amide bonds. The summed E-state index contributed by atoms with van der Waals surface area (Å²) < 4.78 is 4.86. The average Bonchev–Trinajstić information content (AvgIpc) is 2.45. The fourth-order valence-electron chi connectivity index (χ4n) is 1.62. The summed E-state index contributed by atoms with van der Waals surface area (Å²) in [5.74, 6) is 0.480. The number of nitrogens with zero attached hydrogens (tertiary/aromatic N) is 2. The second-order valence-corrected chi connectivity index (χ2v) is 4.28. The molecule has 0 saturated heterocycles. The number of aliphatic hydroxyl groups is 1. The highest BCUT2D eigenvalue weighted by Crippen LogP contribution is 2.24. The van der Waals surface area contributed by atoms with Crippen LogP contribution < -0.4 is 0 Å². The number of aryl methyl sites for hydroxylation is 1. The van der Waals surface area contributed by atoms with Crippen molar-refractivity contribution in [1.29, 1.82) is 0 Å². The van der Waals surface area contributed by atoms with Crippen LogP contribution in [0.4, 0.5) is 5.69 Å². The summed E-state index contributed by atoms with van der Waals surface area (Å²) in [6.07, 6.45) is 0.0812. The maximum atomic E-state index is 10.7. The molecule has 0 aliphatic rings. The van der Waals surface area contributed by atoms with Gasteiger partial charge >= 0.3 is 5.69 Å². The van der Waals surface area contributed by atoms with Crippen molar-refractivity contribution in [2.75, 3.05) is 0 Å². The van der Waals surface area contributed by atoms with Crippen molar-refractivity contribution < 1.29 is 14.6 Å². The van der Waals surface area contributed by atoms with Crippen molar-refractivity contribution in [3.05, 3.63) is 21.6 Å². The van der Waals surface area contributed by atoms with E-state index in [1.807, 2.05) is 13.8 Å². The van der Waals surface area contributed by atoms with Gasteiger partial charge in [-0.3, -0.25) is 10.1 Å². The molecule has 1 N–H and O–H groups in total. The third-order valence-corrected chi connectivity index (χ3v) is 2.25. The van der Waals surface area contributed by atoms with E-state index in [9.17, 15) is 15.2 Å². The molecular formula is C10H16N2O4. The second-order valence-electron chi connectivity index (χ2n) is 4.28. The van der Waals surface area contributed by atoms with Crippen molar-refractivity contribution in [2.24, 2.45) is 5.92 Å². The minimum Gasteiger partial charge on any atom is -0.393 e. The summed E-state index contributed by atoms with van der Waals surface area (Å²) in [6.45, 7) is 5.46. The summed E-state index contributed by atoms with van der Waals surface area (Å²) in [5, 5.41) is 24.0. The van der Waals surface area contributed by atoms with Crippen molar-refractivity contribution in [3.8, 4) is 0 Å². The zero-order valence-electron chi connectivity index (χ0n) is 9.64. The number of aliphatic hydroxyl groups excluding tert-OH is 1. The molecule has 6 nitrogen and oxygen atoms in total. The predicted molar refractivity (Wildman–Crippen MR) is 57.1 cm³/mol. The maximum absolute atomic E-state index is 10.7. The lowest BCUT2D eigenvalue weighted by molar-refractivity contribution is -0.386. The normalized spacial score (nSPS) is 13.1. The van der Waals surface area contributed by atoms with Crippen LogP contribution >= 0.6 is 0 Å².